The van der Waals surface area contributed by atoms with Crippen LogP contribution in [0.4, 0.5) is 0 Å². The van der Waals surface area contributed by atoms with Crippen LogP contribution in [0.25, 0.3) is 5.57 Å². The number of hydrogen-bond acceptors (Lipinski definition) is 4. The molecule has 174 valence electrons. The summed E-state index contributed by atoms with van der Waals surface area (Å²) in [4.78, 5) is 26.3. The van der Waals surface area contributed by atoms with Gasteiger partial charge in [0, 0.05) is 26.8 Å². The second-order valence-corrected chi connectivity index (χ2v) is 11.5. The first-order chi connectivity index (χ1) is 15.7. The standard InChI is InChI=1S/C27H28Cl2O3S/c1-4-32-26(31)25-23(15-27(3,33-25)19-12-20(28)14-21(29)13-19)18-8-9-22(16(2)10-18)24(30)11-17-6-5-7-17/h8-10,12-14,17H,4-7,11,15H2,1-3H3. The van der Waals surface area contributed by atoms with Crippen molar-refractivity contribution in [3.8, 4) is 0 Å². The molecule has 1 atom stereocenters. The van der Waals surface area contributed by atoms with Crippen LogP contribution in [0.15, 0.2) is 41.3 Å². The van der Waals surface area contributed by atoms with Gasteiger partial charge in [-0.1, -0.05) is 60.7 Å². The quantitative estimate of drug-likeness (QED) is 0.284. The van der Waals surface area contributed by atoms with E-state index in [1.165, 1.54) is 18.2 Å². The van der Waals surface area contributed by atoms with Crippen molar-refractivity contribution in [3.63, 3.8) is 0 Å². The Morgan fingerprint density at radius 1 is 1.12 bits per heavy atom. The molecule has 1 fully saturated rings. The van der Waals surface area contributed by atoms with Crippen molar-refractivity contribution in [2.45, 2.75) is 57.6 Å². The van der Waals surface area contributed by atoms with Crippen LogP contribution < -0.4 is 0 Å². The molecule has 1 unspecified atom stereocenters. The van der Waals surface area contributed by atoms with E-state index >= 15 is 0 Å². The van der Waals surface area contributed by atoms with Crippen molar-refractivity contribution in [2.24, 2.45) is 5.92 Å². The van der Waals surface area contributed by atoms with Crippen molar-refractivity contribution < 1.29 is 14.3 Å². The molecular formula is C27H28Cl2O3S. The van der Waals surface area contributed by atoms with Crippen LogP contribution in [-0.2, 0) is 14.3 Å². The predicted octanol–water partition coefficient (Wildman–Crippen LogP) is 8.00. The van der Waals surface area contributed by atoms with E-state index < -0.39 is 4.75 Å². The number of carbonyl (C=O) groups is 2. The monoisotopic (exact) mass is 502 g/mol. The van der Waals surface area contributed by atoms with E-state index in [9.17, 15) is 9.59 Å². The number of benzene rings is 2. The molecule has 6 heteroatoms. The Bertz CT molecular complexity index is 1120. The van der Waals surface area contributed by atoms with Gasteiger partial charge < -0.3 is 4.74 Å². The van der Waals surface area contributed by atoms with Gasteiger partial charge in [0.25, 0.3) is 0 Å². The Labute approximate surface area is 209 Å². The molecule has 0 aromatic heterocycles. The smallest absolute Gasteiger partial charge is 0.344 e. The maximum Gasteiger partial charge on any atom is 0.344 e. The molecule has 1 saturated carbocycles. The summed E-state index contributed by atoms with van der Waals surface area (Å²) in [5, 5.41) is 1.13. The Balaban J connectivity index is 1.68. The van der Waals surface area contributed by atoms with Crippen molar-refractivity contribution in [2.75, 3.05) is 6.61 Å². The predicted molar refractivity (Wildman–Crippen MR) is 137 cm³/mol. The molecule has 3 nitrogen and oxygen atoms in total. The number of esters is 1. The van der Waals surface area contributed by atoms with Gasteiger partial charge in [-0.3, -0.25) is 4.79 Å². The Hall–Kier alpha value is -1.75. The fraction of sp³-hybridized carbons (Fsp3) is 0.407. The highest BCUT2D eigenvalue weighted by Gasteiger charge is 2.41. The lowest BCUT2D eigenvalue weighted by molar-refractivity contribution is -0.137. The first-order valence-corrected chi connectivity index (χ1v) is 13.0. The van der Waals surface area contributed by atoms with E-state index in [1.807, 2.05) is 37.3 Å². The van der Waals surface area contributed by atoms with Crippen LogP contribution in [0.2, 0.25) is 10.0 Å². The Morgan fingerprint density at radius 2 is 1.82 bits per heavy atom. The van der Waals surface area contributed by atoms with E-state index in [-0.39, 0.29) is 11.8 Å². The van der Waals surface area contributed by atoms with E-state index in [4.69, 9.17) is 27.9 Å². The van der Waals surface area contributed by atoms with Gasteiger partial charge in [0.05, 0.1) is 11.5 Å². The van der Waals surface area contributed by atoms with Crippen molar-refractivity contribution in [3.05, 3.63) is 73.6 Å². The molecular weight excluding hydrogens is 475 g/mol. The number of rotatable bonds is 7. The average Bonchev–Trinajstić information content (AvgIpc) is 3.09. The minimum atomic E-state index is -0.418. The maximum absolute atomic E-state index is 12.9. The molecule has 0 saturated heterocycles. The summed E-state index contributed by atoms with van der Waals surface area (Å²) in [5.41, 5.74) is 4.56. The highest BCUT2D eigenvalue weighted by Crippen LogP contribution is 2.56. The van der Waals surface area contributed by atoms with E-state index in [1.54, 1.807) is 13.0 Å². The van der Waals surface area contributed by atoms with Crippen LogP contribution >= 0.6 is 35.0 Å². The highest BCUT2D eigenvalue weighted by atomic mass is 35.5. The molecule has 0 bridgehead atoms. The van der Waals surface area contributed by atoms with E-state index in [0.29, 0.717) is 40.3 Å². The number of halogens is 2. The molecule has 1 heterocycles. The molecule has 4 rings (SSSR count). The Kier molecular flexibility index (Phi) is 7.28. The third kappa shape index (κ3) is 5.18. The summed E-state index contributed by atoms with van der Waals surface area (Å²) >= 11 is 14.1. The molecule has 2 aromatic carbocycles. The van der Waals surface area contributed by atoms with Crippen LogP contribution in [-0.4, -0.2) is 18.4 Å². The maximum atomic E-state index is 12.9. The van der Waals surface area contributed by atoms with Gasteiger partial charge in [0.2, 0.25) is 0 Å². The molecule has 2 aliphatic rings. The van der Waals surface area contributed by atoms with Crippen LogP contribution in [0, 0.1) is 12.8 Å². The zero-order chi connectivity index (χ0) is 23.8. The minimum absolute atomic E-state index is 0.211. The lowest BCUT2D eigenvalue weighted by atomic mass is 9.80. The number of ether oxygens (including phenoxy) is 1. The number of carbonyl (C=O) groups excluding carboxylic acids is 2. The van der Waals surface area contributed by atoms with Gasteiger partial charge in [0.15, 0.2) is 5.78 Å². The van der Waals surface area contributed by atoms with Crippen LogP contribution in [0.5, 0.6) is 0 Å². The fourth-order valence-corrected chi connectivity index (χ4v) is 6.47. The summed E-state index contributed by atoms with van der Waals surface area (Å²) in [6.45, 7) is 6.18. The lowest BCUT2D eigenvalue weighted by Gasteiger charge is -2.25. The molecule has 0 N–H and O–H groups in total. The third-order valence-electron chi connectivity index (χ3n) is 6.62. The Morgan fingerprint density at radius 3 is 2.39 bits per heavy atom. The van der Waals surface area contributed by atoms with Crippen molar-refractivity contribution in [1.29, 1.82) is 0 Å². The van der Waals surface area contributed by atoms with Gasteiger partial charge in [-0.2, -0.15) is 0 Å². The van der Waals surface area contributed by atoms with E-state index in [0.717, 1.165) is 40.7 Å². The minimum Gasteiger partial charge on any atom is -0.462 e. The second kappa shape index (κ2) is 9.85. The zero-order valence-electron chi connectivity index (χ0n) is 19.2. The number of allylic oxidation sites excluding steroid dienone is 1. The van der Waals surface area contributed by atoms with Gasteiger partial charge >= 0.3 is 5.97 Å². The summed E-state index contributed by atoms with van der Waals surface area (Å²) in [6.07, 6.45) is 4.79. The van der Waals surface area contributed by atoms with E-state index in [2.05, 4.69) is 6.92 Å². The number of Topliss-reactive ketones (excluding diaryl/α,β-unsaturated/α-hetero) is 1. The average molecular weight is 503 g/mol. The summed E-state index contributed by atoms with van der Waals surface area (Å²) in [5.74, 6) is 0.422. The highest BCUT2D eigenvalue weighted by molar-refractivity contribution is 8.05. The summed E-state index contributed by atoms with van der Waals surface area (Å²) < 4.78 is 4.97. The number of thioether (sulfide) groups is 1. The van der Waals surface area contributed by atoms with Crippen molar-refractivity contribution in [1.82, 2.24) is 0 Å². The second-order valence-electron chi connectivity index (χ2n) is 9.15. The molecule has 1 aliphatic heterocycles. The first-order valence-electron chi connectivity index (χ1n) is 11.4. The molecule has 0 amide bonds. The van der Waals surface area contributed by atoms with Gasteiger partial charge in [-0.25, -0.2) is 4.79 Å². The number of ketones is 1. The fourth-order valence-electron chi connectivity index (χ4n) is 4.59. The summed E-state index contributed by atoms with van der Waals surface area (Å²) in [6, 6.07) is 11.4. The van der Waals surface area contributed by atoms with Gasteiger partial charge in [0.1, 0.15) is 0 Å². The van der Waals surface area contributed by atoms with Gasteiger partial charge in [-0.05, 0) is 73.6 Å². The largest absolute Gasteiger partial charge is 0.462 e. The zero-order valence-corrected chi connectivity index (χ0v) is 21.5. The molecule has 0 spiro atoms. The summed E-state index contributed by atoms with van der Waals surface area (Å²) in [7, 11) is 0. The molecule has 1 aliphatic carbocycles. The van der Waals surface area contributed by atoms with Gasteiger partial charge in [-0.15, -0.1) is 11.8 Å². The topological polar surface area (TPSA) is 43.4 Å². The molecule has 2 aromatic rings. The first kappa shape index (κ1) is 24.4. The SMILES string of the molecule is CCOC(=O)C1=C(c2ccc(C(=O)CC3CCC3)c(C)c2)CC(C)(c2cc(Cl)cc(Cl)c2)S1. The van der Waals surface area contributed by atoms with Crippen molar-refractivity contribution >= 4 is 52.3 Å². The third-order valence-corrected chi connectivity index (χ3v) is 8.51. The number of aryl methyl sites for hydroxylation is 1. The molecule has 0 radical (unpaired) electrons. The molecule has 33 heavy (non-hydrogen) atoms. The van der Waals surface area contributed by atoms with Crippen LogP contribution in [0.1, 0.15) is 73.0 Å². The normalized spacial score (nSPS) is 20.6. The lowest BCUT2D eigenvalue weighted by Crippen LogP contribution is -2.16. The number of hydrogen-bond donors (Lipinski definition) is 0. The van der Waals surface area contributed by atoms with Crippen LogP contribution in [0.3, 0.4) is 0 Å².